The van der Waals surface area contributed by atoms with Crippen molar-refractivity contribution in [2.75, 3.05) is 6.54 Å². The summed E-state index contributed by atoms with van der Waals surface area (Å²) in [5, 5.41) is 7.80. The lowest BCUT2D eigenvalue weighted by Gasteiger charge is -2.16. The molecule has 0 aliphatic rings. The van der Waals surface area contributed by atoms with Gasteiger partial charge < -0.3 is 5.32 Å². The fourth-order valence-electron chi connectivity index (χ4n) is 1.77. The first-order valence-electron chi connectivity index (χ1n) is 6.41. The molecule has 0 radical (unpaired) electrons. The van der Waals surface area contributed by atoms with Crippen LogP contribution in [0.25, 0.3) is 0 Å². The third-order valence-electron chi connectivity index (χ3n) is 2.74. The van der Waals surface area contributed by atoms with Gasteiger partial charge in [-0.15, -0.1) is 0 Å². The van der Waals surface area contributed by atoms with Crippen molar-refractivity contribution >= 4 is 0 Å². The maximum absolute atomic E-state index is 4.34. The van der Waals surface area contributed by atoms with Crippen LogP contribution in [0.5, 0.6) is 0 Å². The molecule has 4 nitrogen and oxygen atoms in total. The van der Waals surface area contributed by atoms with Gasteiger partial charge in [0.25, 0.3) is 0 Å². The van der Waals surface area contributed by atoms with Crippen molar-refractivity contribution in [3.05, 3.63) is 12.2 Å². The molecule has 1 aromatic heterocycles. The molecule has 0 saturated heterocycles. The largest absolute Gasteiger partial charge is 0.314 e. The standard InChI is InChI=1S/C12H24N4/c1-4-7-13-11(6-3)9-12-14-10-15-16(12)8-5-2/h10-11,13H,4-9H2,1-3H3. The predicted molar refractivity (Wildman–Crippen MR) is 66.4 cm³/mol. The Hall–Kier alpha value is -0.900. The van der Waals surface area contributed by atoms with Crippen LogP contribution >= 0.6 is 0 Å². The van der Waals surface area contributed by atoms with Crippen LogP contribution in [0, 0.1) is 0 Å². The molecule has 0 aliphatic heterocycles. The lowest BCUT2D eigenvalue weighted by molar-refractivity contribution is 0.464. The van der Waals surface area contributed by atoms with Crippen molar-refractivity contribution in [2.24, 2.45) is 0 Å². The van der Waals surface area contributed by atoms with Gasteiger partial charge in [0, 0.05) is 19.0 Å². The van der Waals surface area contributed by atoms with Crippen molar-refractivity contribution < 1.29 is 0 Å². The maximum Gasteiger partial charge on any atom is 0.138 e. The van der Waals surface area contributed by atoms with Gasteiger partial charge in [0.05, 0.1) is 0 Å². The number of nitrogens with one attached hydrogen (secondary N) is 1. The van der Waals surface area contributed by atoms with E-state index in [9.17, 15) is 0 Å². The molecular weight excluding hydrogens is 200 g/mol. The van der Waals surface area contributed by atoms with Crippen LogP contribution in [0.15, 0.2) is 6.33 Å². The second-order valence-electron chi connectivity index (χ2n) is 4.16. The van der Waals surface area contributed by atoms with Crippen molar-refractivity contribution in [2.45, 2.75) is 59.0 Å². The van der Waals surface area contributed by atoms with Crippen LogP contribution in [-0.4, -0.2) is 27.4 Å². The summed E-state index contributed by atoms with van der Waals surface area (Å²) in [6.45, 7) is 8.63. The van der Waals surface area contributed by atoms with E-state index < -0.39 is 0 Å². The normalized spacial score (nSPS) is 12.9. The topological polar surface area (TPSA) is 42.7 Å². The minimum atomic E-state index is 0.528. The Morgan fingerprint density at radius 2 is 2.12 bits per heavy atom. The molecule has 0 bridgehead atoms. The van der Waals surface area contributed by atoms with E-state index in [1.54, 1.807) is 6.33 Å². The highest BCUT2D eigenvalue weighted by Crippen LogP contribution is 2.03. The molecule has 4 heteroatoms. The molecule has 0 saturated carbocycles. The van der Waals surface area contributed by atoms with Gasteiger partial charge >= 0.3 is 0 Å². The third kappa shape index (κ3) is 3.93. The van der Waals surface area contributed by atoms with E-state index in [0.29, 0.717) is 6.04 Å². The summed E-state index contributed by atoms with van der Waals surface area (Å²) in [6, 6.07) is 0.528. The van der Waals surface area contributed by atoms with Gasteiger partial charge in [0.15, 0.2) is 0 Å². The first-order chi connectivity index (χ1) is 7.81. The second-order valence-corrected chi connectivity index (χ2v) is 4.16. The molecule has 1 rings (SSSR count). The van der Waals surface area contributed by atoms with Gasteiger partial charge in [-0.2, -0.15) is 5.10 Å². The van der Waals surface area contributed by atoms with Crippen molar-refractivity contribution in [3.63, 3.8) is 0 Å². The number of rotatable bonds is 8. The van der Waals surface area contributed by atoms with Gasteiger partial charge in [-0.25, -0.2) is 4.98 Å². The highest BCUT2D eigenvalue weighted by atomic mass is 15.3. The average Bonchev–Trinajstić information content (AvgIpc) is 2.72. The summed E-state index contributed by atoms with van der Waals surface area (Å²) in [7, 11) is 0. The minimum Gasteiger partial charge on any atom is -0.314 e. The molecule has 0 amide bonds. The number of hydrogen-bond acceptors (Lipinski definition) is 3. The molecule has 1 N–H and O–H groups in total. The van der Waals surface area contributed by atoms with Gasteiger partial charge in [-0.05, 0) is 25.8 Å². The predicted octanol–water partition coefficient (Wildman–Crippen LogP) is 2.01. The quantitative estimate of drug-likeness (QED) is 0.734. The molecule has 0 spiro atoms. The molecule has 0 aliphatic carbocycles. The average molecular weight is 224 g/mol. The monoisotopic (exact) mass is 224 g/mol. The van der Waals surface area contributed by atoms with Crippen LogP contribution in [0.1, 0.15) is 45.9 Å². The molecular formula is C12H24N4. The Labute approximate surface area is 98.5 Å². The maximum atomic E-state index is 4.34. The smallest absolute Gasteiger partial charge is 0.138 e. The zero-order chi connectivity index (χ0) is 11.8. The summed E-state index contributed by atoms with van der Waals surface area (Å²) >= 11 is 0. The second kappa shape index (κ2) is 7.39. The van der Waals surface area contributed by atoms with Gasteiger partial charge in [-0.3, -0.25) is 4.68 Å². The van der Waals surface area contributed by atoms with E-state index >= 15 is 0 Å². The summed E-state index contributed by atoms with van der Waals surface area (Å²) in [5.41, 5.74) is 0. The number of aryl methyl sites for hydroxylation is 1. The van der Waals surface area contributed by atoms with Crippen LogP contribution in [0.4, 0.5) is 0 Å². The highest BCUT2D eigenvalue weighted by molar-refractivity contribution is 4.89. The van der Waals surface area contributed by atoms with Crippen LogP contribution in [0.2, 0.25) is 0 Å². The molecule has 1 aromatic rings. The van der Waals surface area contributed by atoms with E-state index in [1.165, 1.54) is 6.42 Å². The van der Waals surface area contributed by atoms with E-state index in [-0.39, 0.29) is 0 Å². The minimum absolute atomic E-state index is 0.528. The van der Waals surface area contributed by atoms with E-state index in [2.05, 4.69) is 36.2 Å². The summed E-state index contributed by atoms with van der Waals surface area (Å²) in [4.78, 5) is 4.34. The highest BCUT2D eigenvalue weighted by Gasteiger charge is 2.10. The van der Waals surface area contributed by atoms with E-state index in [1.807, 2.05) is 4.68 Å². The van der Waals surface area contributed by atoms with Crippen LogP contribution in [0.3, 0.4) is 0 Å². The number of aromatic nitrogens is 3. The Balaban J connectivity index is 2.51. The number of hydrogen-bond donors (Lipinski definition) is 1. The molecule has 1 atom stereocenters. The molecule has 1 heterocycles. The first kappa shape index (κ1) is 13.2. The lowest BCUT2D eigenvalue weighted by Crippen LogP contribution is -2.32. The fraction of sp³-hybridized carbons (Fsp3) is 0.833. The van der Waals surface area contributed by atoms with Gasteiger partial charge in [0.1, 0.15) is 12.2 Å². The molecule has 92 valence electrons. The summed E-state index contributed by atoms with van der Waals surface area (Å²) in [6.07, 6.45) is 6.07. The van der Waals surface area contributed by atoms with E-state index in [4.69, 9.17) is 0 Å². The Kier molecular flexibility index (Phi) is 6.08. The Morgan fingerprint density at radius 1 is 1.31 bits per heavy atom. The zero-order valence-corrected chi connectivity index (χ0v) is 10.7. The lowest BCUT2D eigenvalue weighted by atomic mass is 10.1. The molecule has 16 heavy (non-hydrogen) atoms. The molecule has 1 unspecified atom stereocenters. The Bertz CT molecular complexity index is 282. The van der Waals surface area contributed by atoms with Crippen LogP contribution in [-0.2, 0) is 13.0 Å². The fourth-order valence-corrected chi connectivity index (χ4v) is 1.77. The SMILES string of the molecule is CCCNC(CC)Cc1ncnn1CCC. The van der Waals surface area contributed by atoms with Gasteiger partial charge in [-0.1, -0.05) is 20.8 Å². The van der Waals surface area contributed by atoms with Crippen molar-refractivity contribution in [1.29, 1.82) is 0 Å². The van der Waals surface area contributed by atoms with Gasteiger partial charge in [0.2, 0.25) is 0 Å². The first-order valence-corrected chi connectivity index (χ1v) is 6.41. The third-order valence-corrected chi connectivity index (χ3v) is 2.74. The van der Waals surface area contributed by atoms with E-state index in [0.717, 1.165) is 38.2 Å². The van der Waals surface area contributed by atoms with Crippen LogP contribution < -0.4 is 5.32 Å². The molecule has 0 fully saturated rings. The zero-order valence-electron chi connectivity index (χ0n) is 10.7. The summed E-state index contributed by atoms with van der Waals surface area (Å²) in [5.74, 6) is 1.11. The van der Waals surface area contributed by atoms with Crippen molar-refractivity contribution in [3.8, 4) is 0 Å². The summed E-state index contributed by atoms with van der Waals surface area (Å²) < 4.78 is 2.02. The van der Waals surface area contributed by atoms with Crippen molar-refractivity contribution in [1.82, 2.24) is 20.1 Å². The number of nitrogens with zero attached hydrogens (tertiary/aromatic N) is 3. The Morgan fingerprint density at radius 3 is 2.75 bits per heavy atom. The molecule has 0 aromatic carbocycles.